The van der Waals surface area contributed by atoms with Crippen molar-refractivity contribution >= 4 is 0 Å². The van der Waals surface area contributed by atoms with E-state index in [0.717, 1.165) is 31.3 Å². The van der Waals surface area contributed by atoms with Gasteiger partial charge in [-0.3, -0.25) is 0 Å². The number of aliphatic hydroxyl groups is 1. The van der Waals surface area contributed by atoms with E-state index >= 15 is 0 Å². The number of hydrogen-bond acceptors (Lipinski definition) is 2. The van der Waals surface area contributed by atoms with E-state index < -0.39 is 0 Å². The highest BCUT2D eigenvalue weighted by Crippen LogP contribution is 2.22. The molecule has 1 aliphatic rings. The number of aliphatic hydroxyl groups excluding tert-OH is 1. The van der Waals surface area contributed by atoms with Crippen LogP contribution < -0.4 is 5.32 Å². The van der Waals surface area contributed by atoms with Crippen LogP contribution in [-0.2, 0) is 0 Å². The van der Waals surface area contributed by atoms with Gasteiger partial charge in [-0.05, 0) is 44.6 Å². The van der Waals surface area contributed by atoms with Gasteiger partial charge in [-0.15, -0.1) is 0 Å². The van der Waals surface area contributed by atoms with E-state index in [1.54, 1.807) is 0 Å². The fourth-order valence-electron chi connectivity index (χ4n) is 2.50. The maximum Gasteiger partial charge on any atom is 0.0431 e. The summed E-state index contributed by atoms with van der Waals surface area (Å²) in [6.07, 6.45) is 10.3. The van der Waals surface area contributed by atoms with Gasteiger partial charge in [0.1, 0.15) is 0 Å². The Balaban J connectivity index is 2.07. The van der Waals surface area contributed by atoms with Crippen molar-refractivity contribution in [1.29, 1.82) is 0 Å². The molecule has 90 valence electrons. The summed E-state index contributed by atoms with van der Waals surface area (Å²) in [5.74, 6) is 0.852. The molecule has 0 radical (unpaired) electrons. The van der Waals surface area contributed by atoms with Gasteiger partial charge in [0.15, 0.2) is 0 Å². The fraction of sp³-hybridized carbons (Fsp3) is 1.00. The maximum atomic E-state index is 8.67. The van der Waals surface area contributed by atoms with Crippen molar-refractivity contribution in [1.82, 2.24) is 5.32 Å². The Morgan fingerprint density at radius 1 is 1.07 bits per heavy atom. The Kier molecular flexibility index (Phi) is 7.03. The van der Waals surface area contributed by atoms with E-state index in [4.69, 9.17) is 5.11 Å². The van der Waals surface area contributed by atoms with Crippen molar-refractivity contribution < 1.29 is 5.11 Å². The zero-order valence-electron chi connectivity index (χ0n) is 10.2. The van der Waals surface area contributed by atoms with E-state index in [1.807, 2.05) is 0 Å². The Morgan fingerprint density at radius 3 is 2.67 bits per heavy atom. The van der Waals surface area contributed by atoms with Gasteiger partial charge in [0, 0.05) is 12.6 Å². The van der Waals surface area contributed by atoms with Crippen LogP contribution in [0, 0.1) is 5.92 Å². The van der Waals surface area contributed by atoms with E-state index in [0.29, 0.717) is 6.61 Å². The quantitative estimate of drug-likeness (QED) is 0.525. The summed E-state index contributed by atoms with van der Waals surface area (Å²) in [5, 5.41) is 12.4. The van der Waals surface area contributed by atoms with Gasteiger partial charge in [-0.2, -0.15) is 0 Å². The van der Waals surface area contributed by atoms with Crippen LogP contribution >= 0.6 is 0 Å². The van der Waals surface area contributed by atoms with Crippen molar-refractivity contribution in [3.63, 3.8) is 0 Å². The first-order chi connectivity index (χ1) is 7.34. The predicted octanol–water partition coefficient (Wildman–Crippen LogP) is 2.71. The summed E-state index contributed by atoms with van der Waals surface area (Å²) in [7, 11) is 0. The van der Waals surface area contributed by atoms with Gasteiger partial charge in [-0.1, -0.05) is 26.2 Å². The Labute approximate surface area is 94.5 Å². The van der Waals surface area contributed by atoms with Crippen LogP contribution in [0.5, 0.6) is 0 Å². The molecule has 2 unspecified atom stereocenters. The Hall–Kier alpha value is -0.0800. The van der Waals surface area contributed by atoms with Crippen LogP contribution in [-0.4, -0.2) is 24.3 Å². The molecule has 0 heterocycles. The zero-order chi connectivity index (χ0) is 10.9. The lowest BCUT2D eigenvalue weighted by Gasteiger charge is -2.22. The van der Waals surface area contributed by atoms with Gasteiger partial charge in [0.05, 0.1) is 0 Å². The second-order valence-corrected chi connectivity index (χ2v) is 4.96. The smallest absolute Gasteiger partial charge is 0.0431 e. The highest BCUT2D eigenvalue weighted by molar-refractivity contribution is 4.76. The van der Waals surface area contributed by atoms with E-state index in [2.05, 4.69) is 12.2 Å². The normalized spacial score (nSPS) is 27.6. The first-order valence-electron chi connectivity index (χ1n) is 6.69. The Morgan fingerprint density at radius 2 is 1.87 bits per heavy atom. The van der Waals surface area contributed by atoms with Crippen molar-refractivity contribution in [3.8, 4) is 0 Å². The third-order valence-electron chi connectivity index (χ3n) is 3.60. The molecule has 2 heteroatoms. The van der Waals surface area contributed by atoms with Crippen LogP contribution in [0.25, 0.3) is 0 Å². The minimum absolute atomic E-state index is 0.347. The van der Waals surface area contributed by atoms with Crippen LogP contribution in [0.4, 0.5) is 0 Å². The topological polar surface area (TPSA) is 32.3 Å². The standard InChI is InChI=1S/C13H27NO/c1-12-8-4-2-5-9-13(12)14-10-6-3-7-11-15/h12-15H,2-11H2,1H3. The summed E-state index contributed by atoms with van der Waals surface area (Å²) in [4.78, 5) is 0. The number of hydrogen-bond donors (Lipinski definition) is 2. The van der Waals surface area contributed by atoms with Crippen LogP contribution in [0.3, 0.4) is 0 Å². The molecule has 15 heavy (non-hydrogen) atoms. The summed E-state index contributed by atoms with van der Waals surface area (Å²) < 4.78 is 0. The number of nitrogens with one attached hydrogen (secondary N) is 1. The molecule has 0 aromatic heterocycles. The van der Waals surface area contributed by atoms with Crippen molar-refractivity contribution in [3.05, 3.63) is 0 Å². The minimum Gasteiger partial charge on any atom is -0.396 e. The monoisotopic (exact) mass is 213 g/mol. The second-order valence-electron chi connectivity index (χ2n) is 4.96. The first kappa shape index (κ1) is 13.0. The number of rotatable bonds is 6. The third kappa shape index (κ3) is 5.53. The van der Waals surface area contributed by atoms with Gasteiger partial charge in [-0.25, -0.2) is 0 Å². The average molecular weight is 213 g/mol. The van der Waals surface area contributed by atoms with E-state index in [9.17, 15) is 0 Å². The minimum atomic E-state index is 0.347. The lowest BCUT2D eigenvalue weighted by atomic mass is 9.97. The lowest BCUT2D eigenvalue weighted by Crippen LogP contribution is -2.34. The number of unbranched alkanes of at least 4 members (excludes halogenated alkanes) is 2. The molecule has 2 N–H and O–H groups in total. The largest absolute Gasteiger partial charge is 0.396 e. The maximum absolute atomic E-state index is 8.67. The van der Waals surface area contributed by atoms with Crippen LogP contribution in [0.2, 0.25) is 0 Å². The highest BCUT2D eigenvalue weighted by atomic mass is 16.2. The van der Waals surface area contributed by atoms with E-state index in [-0.39, 0.29) is 0 Å². The summed E-state index contributed by atoms with van der Waals surface area (Å²) >= 11 is 0. The van der Waals surface area contributed by atoms with Gasteiger partial charge < -0.3 is 10.4 Å². The molecule has 0 amide bonds. The third-order valence-corrected chi connectivity index (χ3v) is 3.60. The molecule has 1 rings (SSSR count). The molecule has 0 aromatic rings. The summed E-state index contributed by atoms with van der Waals surface area (Å²) in [6.45, 7) is 3.87. The predicted molar refractivity (Wildman–Crippen MR) is 65.0 cm³/mol. The first-order valence-corrected chi connectivity index (χ1v) is 6.69. The molecular formula is C13H27NO. The molecular weight excluding hydrogens is 186 g/mol. The van der Waals surface area contributed by atoms with Crippen molar-refractivity contribution in [2.24, 2.45) is 5.92 Å². The molecule has 2 nitrogen and oxygen atoms in total. The van der Waals surface area contributed by atoms with Gasteiger partial charge in [0.25, 0.3) is 0 Å². The second kappa shape index (κ2) is 8.12. The molecule has 0 saturated heterocycles. The van der Waals surface area contributed by atoms with Crippen LogP contribution in [0.1, 0.15) is 58.3 Å². The molecule has 1 saturated carbocycles. The molecule has 0 aliphatic heterocycles. The highest BCUT2D eigenvalue weighted by Gasteiger charge is 2.18. The summed E-state index contributed by atoms with van der Waals surface area (Å²) in [5.41, 5.74) is 0. The Bertz CT molecular complexity index is 149. The SMILES string of the molecule is CC1CCCCCC1NCCCCCO. The molecule has 0 bridgehead atoms. The van der Waals surface area contributed by atoms with Gasteiger partial charge in [0.2, 0.25) is 0 Å². The molecule has 2 atom stereocenters. The summed E-state index contributed by atoms with van der Waals surface area (Å²) in [6, 6.07) is 0.752. The fourth-order valence-corrected chi connectivity index (χ4v) is 2.50. The van der Waals surface area contributed by atoms with Crippen molar-refractivity contribution in [2.45, 2.75) is 64.3 Å². The van der Waals surface area contributed by atoms with Crippen molar-refractivity contribution in [2.75, 3.05) is 13.2 Å². The molecule has 1 aliphatic carbocycles. The van der Waals surface area contributed by atoms with Crippen LogP contribution in [0.15, 0.2) is 0 Å². The molecule has 0 spiro atoms. The zero-order valence-corrected chi connectivity index (χ0v) is 10.2. The van der Waals surface area contributed by atoms with Gasteiger partial charge >= 0.3 is 0 Å². The lowest BCUT2D eigenvalue weighted by molar-refractivity contribution is 0.281. The molecule has 0 aromatic carbocycles. The average Bonchev–Trinajstić information content (AvgIpc) is 2.44. The van der Waals surface area contributed by atoms with E-state index in [1.165, 1.54) is 38.5 Å². The molecule has 1 fully saturated rings.